The smallest absolute Gasteiger partial charge is 0.340 e. The second-order valence-electron chi connectivity index (χ2n) is 6.11. The summed E-state index contributed by atoms with van der Waals surface area (Å²) in [5.74, 6) is -0.391. The van der Waals surface area contributed by atoms with Gasteiger partial charge < -0.3 is 4.74 Å². The Morgan fingerprint density at radius 1 is 1.07 bits per heavy atom. The second-order valence-corrected chi connectivity index (χ2v) is 6.11. The third-order valence-corrected chi connectivity index (χ3v) is 4.25. The number of amides is 1. The molecular weight excluding hydrogens is 358 g/mol. The number of hydrogen-bond donors (Lipinski definition) is 0. The Bertz CT molecular complexity index is 998. The molecule has 140 valence electrons. The number of rotatable bonds is 5. The van der Waals surface area contributed by atoms with E-state index in [9.17, 15) is 9.59 Å². The Balaban J connectivity index is 1.33. The molecule has 0 aliphatic carbocycles. The molecule has 2 aromatic heterocycles. The van der Waals surface area contributed by atoms with Crippen molar-refractivity contribution in [3.8, 4) is 5.82 Å². The van der Waals surface area contributed by atoms with Crippen LogP contribution in [0.4, 0.5) is 0 Å². The van der Waals surface area contributed by atoms with E-state index in [0.29, 0.717) is 18.8 Å². The molecule has 1 amide bonds. The number of carbonyl (C=O) groups is 2. The summed E-state index contributed by atoms with van der Waals surface area (Å²) in [7, 11) is 0. The van der Waals surface area contributed by atoms with Crippen molar-refractivity contribution in [3.05, 3.63) is 78.2 Å². The van der Waals surface area contributed by atoms with Crippen molar-refractivity contribution in [2.24, 2.45) is 5.10 Å². The summed E-state index contributed by atoms with van der Waals surface area (Å²) in [4.78, 5) is 28.6. The SMILES string of the molecule is O=C(OCC(=O)N1CCC(c2ccccc2)=N1)c1ccc(-n2cccn2)nc1. The molecule has 3 heterocycles. The molecule has 1 aliphatic rings. The molecule has 0 unspecified atom stereocenters. The van der Waals surface area contributed by atoms with Gasteiger partial charge in [0.05, 0.1) is 17.8 Å². The molecule has 4 rings (SSSR count). The van der Waals surface area contributed by atoms with Gasteiger partial charge in [0.15, 0.2) is 12.4 Å². The average Bonchev–Trinajstić information content (AvgIpc) is 3.45. The molecule has 0 N–H and O–H groups in total. The van der Waals surface area contributed by atoms with E-state index in [-0.39, 0.29) is 18.1 Å². The number of esters is 1. The molecule has 0 radical (unpaired) electrons. The minimum Gasteiger partial charge on any atom is -0.452 e. The lowest BCUT2D eigenvalue weighted by Gasteiger charge is -2.11. The topological polar surface area (TPSA) is 89.7 Å². The number of ether oxygens (including phenoxy) is 1. The number of hydrogen-bond acceptors (Lipinski definition) is 6. The predicted octanol–water partition coefficient (Wildman–Crippen LogP) is 2.06. The van der Waals surface area contributed by atoms with Crippen molar-refractivity contribution in [1.82, 2.24) is 19.8 Å². The number of aromatic nitrogens is 3. The van der Waals surface area contributed by atoms with Crippen molar-refractivity contribution in [2.75, 3.05) is 13.2 Å². The van der Waals surface area contributed by atoms with Gasteiger partial charge in [-0.1, -0.05) is 30.3 Å². The van der Waals surface area contributed by atoms with Crippen molar-refractivity contribution < 1.29 is 14.3 Å². The van der Waals surface area contributed by atoms with Crippen LogP contribution in [0.25, 0.3) is 5.82 Å². The molecule has 1 aromatic carbocycles. The van der Waals surface area contributed by atoms with E-state index >= 15 is 0 Å². The number of pyridine rings is 1. The third-order valence-electron chi connectivity index (χ3n) is 4.25. The van der Waals surface area contributed by atoms with Crippen molar-refractivity contribution in [1.29, 1.82) is 0 Å². The number of nitrogens with zero attached hydrogens (tertiary/aromatic N) is 5. The van der Waals surface area contributed by atoms with Gasteiger partial charge in [-0.25, -0.2) is 19.5 Å². The quantitative estimate of drug-likeness (QED) is 0.637. The van der Waals surface area contributed by atoms with E-state index in [1.54, 1.807) is 35.3 Å². The Hall–Kier alpha value is -3.81. The van der Waals surface area contributed by atoms with Gasteiger partial charge in [0.1, 0.15) is 0 Å². The first-order chi connectivity index (χ1) is 13.7. The van der Waals surface area contributed by atoms with Gasteiger partial charge >= 0.3 is 5.97 Å². The summed E-state index contributed by atoms with van der Waals surface area (Å²) in [6.07, 6.45) is 5.45. The van der Waals surface area contributed by atoms with Crippen molar-refractivity contribution in [2.45, 2.75) is 6.42 Å². The molecular formula is C20H17N5O3. The Labute approximate surface area is 161 Å². The first kappa shape index (κ1) is 17.6. The highest BCUT2D eigenvalue weighted by Crippen LogP contribution is 2.14. The molecule has 0 spiro atoms. The van der Waals surface area contributed by atoms with E-state index < -0.39 is 5.97 Å². The standard InChI is InChI=1S/C20H17N5O3/c26-19(25-12-9-17(23-25)15-5-2-1-3-6-15)14-28-20(27)16-7-8-18(21-13-16)24-11-4-10-22-24/h1-8,10-11,13H,9,12,14H2. The predicted molar refractivity (Wildman–Crippen MR) is 101 cm³/mol. The Kier molecular flexibility index (Phi) is 4.92. The summed E-state index contributed by atoms with van der Waals surface area (Å²) >= 11 is 0. The fraction of sp³-hybridized carbons (Fsp3) is 0.150. The highest BCUT2D eigenvalue weighted by atomic mass is 16.5. The molecule has 0 fully saturated rings. The van der Waals surface area contributed by atoms with Crippen LogP contribution in [-0.2, 0) is 9.53 Å². The van der Waals surface area contributed by atoms with E-state index in [0.717, 1.165) is 11.3 Å². The number of carbonyl (C=O) groups excluding carboxylic acids is 2. The van der Waals surface area contributed by atoms with Crippen LogP contribution >= 0.6 is 0 Å². The van der Waals surface area contributed by atoms with Crippen molar-refractivity contribution >= 4 is 17.6 Å². The van der Waals surface area contributed by atoms with Crippen molar-refractivity contribution in [3.63, 3.8) is 0 Å². The zero-order chi connectivity index (χ0) is 19.3. The summed E-state index contributed by atoms with van der Waals surface area (Å²) < 4.78 is 6.69. The van der Waals surface area contributed by atoms with Gasteiger partial charge in [0.25, 0.3) is 5.91 Å². The molecule has 0 bridgehead atoms. The summed E-state index contributed by atoms with van der Waals surface area (Å²) in [5, 5.41) is 9.75. The van der Waals surface area contributed by atoms with Gasteiger partial charge in [0, 0.05) is 25.0 Å². The molecule has 3 aromatic rings. The third kappa shape index (κ3) is 3.80. The molecule has 0 atom stereocenters. The average molecular weight is 375 g/mol. The van der Waals surface area contributed by atoms with E-state index in [4.69, 9.17) is 4.74 Å². The molecule has 28 heavy (non-hydrogen) atoms. The highest BCUT2D eigenvalue weighted by molar-refractivity contribution is 6.02. The molecule has 8 nitrogen and oxygen atoms in total. The van der Waals surface area contributed by atoms with Gasteiger partial charge in [-0.05, 0) is 23.8 Å². The molecule has 0 saturated carbocycles. The summed E-state index contributed by atoms with van der Waals surface area (Å²) in [6, 6.07) is 14.7. The maximum atomic E-state index is 12.3. The zero-order valence-electron chi connectivity index (χ0n) is 14.9. The fourth-order valence-corrected chi connectivity index (χ4v) is 2.80. The molecule has 8 heteroatoms. The minimum absolute atomic E-state index is 0.263. The van der Waals surface area contributed by atoms with Crippen LogP contribution in [-0.4, -0.2) is 50.5 Å². The largest absolute Gasteiger partial charge is 0.452 e. The van der Waals surface area contributed by atoms with Crippen LogP contribution in [0.5, 0.6) is 0 Å². The highest BCUT2D eigenvalue weighted by Gasteiger charge is 2.22. The fourth-order valence-electron chi connectivity index (χ4n) is 2.80. The van der Waals surface area contributed by atoms with E-state index in [2.05, 4.69) is 15.2 Å². The first-order valence-electron chi connectivity index (χ1n) is 8.77. The molecule has 1 aliphatic heterocycles. The Morgan fingerprint density at radius 2 is 1.93 bits per heavy atom. The maximum absolute atomic E-state index is 12.3. The lowest BCUT2D eigenvalue weighted by molar-refractivity contribution is -0.134. The summed E-state index contributed by atoms with van der Waals surface area (Å²) in [6.45, 7) is 0.103. The number of hydrazone groups is 1. The van der Waals surface area contributed by atoms with Gasteiger partial charge in [-0.3, -0.25) is 4.79 Å². The lowest BCUT2D eigenvalue weighted by atomic mass is 10.1. The van der Waals surface area contributed by atoms with Gasteiger partial charge in [-0.15, -0.1) is 0 Å². The van der Waals surface area contributed by atoms with E-state index in [1.165, 1.54) is 11.2 Å². The minimum atomic E-state index is -0.612. The van der Waals surface area contributed by atoms with Crippen LogP contribution in [0.15, 0.2) is 72.2 Å². The number of benzene rings is 1. The lowest BCUT2D eigenvalue weighted by Crippen LogP contribution is -2.28. The normalized spacial score (nSPS) is 13.3. The van der Waals surface area contributed by atoms with Gasteiger partial charge in [0.2, 0.25) is 0 Å². The monoisotopic (exact) mass is 375 g/mol. The van der Waals surface area contributed by atoms with Crippen LogP contribution < -0.4 is 0 Å². The van der Waals surface area contributed by atoms with E-state index in [1.807, 2.05) is 30.3 Å². The molecule has 0 saturated heterocycles. The van der Waals surface area contributed by atoms with Crippen LogP contribution in [0, 0.1) is 0 Å². The van der Waals surface area contributed by atoms with Gasteiger partial charge in [-0.2, -0.15) is 10.2 Å². The van der Waals surface area contributed by atoms with Crippen LogP contribution in [0.1, 0.15) is 22.3 Å². The second kappa shape index (κ2) is 7.83. The first-order valence-corrected chi connectivity index (χ1v) is 8.77. The van der Waals surface area contributed by atoms with Crippen LogP contribution in [0.2, 0.25) is 0 Å². The summed E-state index contributed by atoms with van der Waals surface area (Å²) in [5.41, 5.74) is 2.09. The van der Waals surface area contributed by atoms with Crippen LogP contribution in [0.3, 0.4) is 0 Å². The maximum Gasteiger partial charge on any atom is 0.340 e. The Morgan fingerprint density at radius 3 is 2.64 bits per heavy atom. The zero-order valence-corrected chi connectivity index (χ0v) is 14.9.